The monoisotopic (exact) mass is 231 g/mol. The second-order valence-corrected chi connectivity index (χ2v) is 5.06. The quantitative estimate of drug-likeness (QED) is 0.854. The zero-order chi connectivity index (χ0) is 12.3. The summed E-state index contributed by atoms with van der Waals surface area (Å²) in [6.45, 7) is 2.14. The van der Waals surface area contributed by atoms with Gasteiger partial charge in [0.2, 0.25) is 5.91 Å². The predicted molar refractivity (Wildman–Crippen MR) is 69.8 cm³/mol. The summed E-state index contributed by atoms with van der Waals surface area (Å²) in [5, 5.41) is 0. The van der Waals surface area contributed by atoms with Gasteiger partial charge in [0.25, 0.3) is 0 Å². The number of nitrogens with two attached hydrogens (primary N) is 1. The largest absolute Gasteiger partial charge is 0.369 e. The first kappa shape index (κ1) is 12.2. The molecule has 92 valence electrons. The molecule has 0 spiro atoms. The fourth-order valence-electron chi connectivity index (χ4n) is 2.89. The molecule has 1 fully saturated rings. The third kappa shape index (κ3) is 2.21. The van der Waals surface area contributed by atoms with Crippen molar-refractivity contribution in [3.63, 3.8) is 0 Å². The van der Waals surface area contributed by atoms with Crippen LogP contribution < -0.4 is 5.73 Å². The van der Waals surface area contributed by atoms with Gasteiger partial charge in [-0.15, -0.1) is 0 Å². The van der Waals surface area contributed by atoms with E-state index in [0.717, 1.165) is 37.7 Å². The van der Waals surface area contributed by atoms with Crippen LogP contribution in [0.25, 0.3) is 0 Å². The zero-order valence-corrected chi connectivity index (χ0v) is 10.5. The molecule has 2 heteroatoms. The third-order valence-electron chi connectivity index (χ3n) is 4.09. The molecular formula is C15H21NO. The summed E-state index contributed by atoms with van der Waals surface area (Å²) >= 11 is 0. The Hall–Kier alpha value is -1.31. The fraction of sp³-hybridized carbons (Fsp3) is 0.533. The van der Waals surface area contributed by atoms with Gasteiger partial charge in [-0.25, -0.2) is 0 Å². The summed E-state index contributed by atoms with van der Waals surface area (Å²) in [6, 6.07) is 8.42. The van der Waals surface area contributed by atoms with Gasteiger partial charge in [-0.05, 0) is 30.4 Å². The van der Waals surface area contributed by atoms with E-state index in [1.807, 2.05) is 0 Å². The number of aryl methyl sites for hydroxylation is 1. The fourth-order valence-corrected chi connectivity index (χ4v) is 2.89. The molecule has 1 aliphatic rings. The van der Waals surface area contributed by atoms with Crippen molar-refractivity contribution in [3.05, 3.63) is 35.4 Å². The minimum absolute atomic E-state index is 0.151. The van der Waals surface area contributed by atoms with E-state index in [4.69, 9.17) is 5.73 Å². The highest BCUT2D eigenvalue weighted by molar-refractivity contribution is 5.86. The molecule has 0 radical (unpaired) electrons. The molecule has 1 aromatic carbocycles. The number of amides is 1. The molecule has 0 unspecified atom stereocenters. The van der Waals surface area contributed by atoms with E-state index in [2.05, 4.69) is 31.2 Å². The maximum atomic E-state index is 11.9. The molecule has 1 saturated carbocycles. The lowest BCUT2D eigenvalue weighted by Gasteiger charge is -2.34. The normalized spacial score (nSPS) is 18.9. The van der Waals surface area contributed by atoms with Crippen molar-refractivity contribution >= 4 is 5.91 Å². The van der Waals surface area contributed by atoms with Gasteiger partial charge in [-0.3, -0.25) is 4.79 Å². The van der Waals surface area contributed by atoms with Crippen molar-refractivity contribution in [1.82, 2.24) is 0 Å². The van der Waals surface area contributed by atoms with E-state index in [1.54, 1.807) is 0 Å². The molecule has 17 heavy (non-hydrogen) atoms. The van der Waals surface area contributed by atoms with Crippen molar-refractivity contribution < 1.29 is 4.79 Å². The maximum Gasteiger partial charge on any atom is 0.228 e. The van der Waals surface area contributed by atoms with Crippen LogP contribution in [0.4, 0.5) is 0 Å². The number of carbonyl (C=O) groups excluding carboxylic acids is 1. The van der Waals surface area contributed by atoms with Crippen molar-refractivity contribution in [2.24, 2.45) is 5.73 Å². The molecule has 0 bridgehead atoms. The summed E-state index contributed by atoms with van der Waals surface area (Å²) in [4.78, 5) is 11.9. The van der Waals surface area contributed by atoms with Gasteiger partial charge in [0.15, 0.2) is 0 Å². The van der Waals surface area contributed by atoms with Crippen LogP contribution in [0.5, 0.6) is 0 Å². The molecule has 0 aromatic heterocycles. The van der Waals surface area contributed by atoms with Gasteiger partial charge in [0.05, 0.1) is 5.41 Å². The minimum atomic E-state index is -0.398. The lowest BCUT2D eigenvalue weighted by molar-refractivity contribution is -0.124. The number of hydrogen-bond donors (Lipinski definition) is 1. The third-order valence-corrected chi connectivity index (χ3v) is 4.09. The van der Waals surface area contributed by atoms with Crippen molar-refractivity contribution in [2.75, 3.05) is 0 Å². The highest BCUT2D eigenvalue weighted by Gasteiger charge is 2.39. The highest BCUT2D eigenvalue weighted by Crippen LogP contribution is 2.39. The summed E-state index contributed by atoms with van der Waals surface area (Å²) in [6.07, 6.45) is 6.30. The molecule has 2 nitrogen and oxygen atoms in total. The Bertz CT molecular complexity index is 388. The van der Waals surface area contributed by atoms with Crippen LogP contribution in [0.2, 0.25) is 0 Å². The van der Waals surface area contributed by atoms with Gasteiger partial charge in [0.1, 0.15) is 0 Å². The average Bonchev–Trinajstić information content (AvgIpc) is 2.39. The molecule has 0 atom stereocenters. The van der Waals surface area contributed by atoms with Crippen molar-refractivity contribution in [2.45, 2.75) is 50.9 Å². The molecular weight excluding hydrogens is 210 g/mol. The van der Waals surface area contributed by atoms with Crippen molar-refractivity contribution in [1.29, 1.82) is 0 Å². The first-order chi connectivity index (χ1) is 8.19. The Morgan fingerprint density at radius 3 is 2.24 bits per heavy atom. The number of carbonyl (C=O) groups is 1. The lowest BCUT2D eigenvalue weighted by Crippen LogP contribution is -2.42. The zero-order valence-electron chi connectivity index (χ0n) is 10.5. The van der Waals surface area contributed by atoms with Crippen LogP contribution in [0.15, 0.2) is 24.3 Å². The van der Waals surface area contributed by atoms with Crippen LogP contribution in [0.3, 0.4) is 0 Å². The van der Waals surface area contributed by atoms with Gasteiger partial charge in [0, 0.05) is 0 Å². The Morgan fingerprint density at radius 2 is 1.76 bits per heavy atom. The van der Waals surface area contributed by atoms with Crippen LogP contribution in [0.1, 0.15) is 50.2 Å². The second kappa shape index (κ2) is 4.91. The lowest BCUT2D eigenvalue weighted by atomic mass is 9.69. The van der Waals surface area contributed by atoms with Crippen LogP contribution in [-0.2, 0) is 16.6 Å². The van der Waals surface area contributed by atoms with Crippen LogP contribution in [0, 0.1) is 0 Å². The number of primary amides is 1. The summed E-state index contributed by atoms with van der Waals surface area (Å²) in [7, 11) is 0. The van der Waals surface area contributed by atoms with Gasteiger partial charge in [-0.2, -0.15) is 0 Å². The predicted octanol–water partition coefficient (Wildman–Crippen LogP) is 2.94. The SMILES string of the molecule is CCc1ccc(C2(C(N)=O)CCCCC2)cc1. The smallest absolute Gasteiger partial charge is 0.228 e. The molecule has 1 aromatic rings. The standard InChI is InChI=1S/C15H21NO/c1-2-12-6-8-13(9-7-12)15(14(16)17)10-4-3-5-11-15/h6-9H,2-5,10-11H2,1H3,(H2,16,17). The maximum absolute atomic E-state index is 11.9. The van der Waals surface area contributed by atoms with Gasteiger partial charge >= 0.3 is 0 Å². The molecule has 0 aliphatic heterocycles. The number of benzene rings is 1. The molecule has 0 heterocycles. The van der Waals surface area contributed by atoms with Crippen LogP contribution in [-0.4, -0.2) is 5.91 Å². The summed E-state index contributed by atoms with van der Waals surface area (Å²) in [5.41, 5.74) is 7.69. The van der Waals surface area contributed by atoms with Gasteiger partial charge < -0.3 is 5.73 Å². The van der Waals surface area contributed by atoms with Gasteiger partial charge in [-0.1, -0.05) is 50.5 Å². The molecule has 2 N–H and O–H groups in total. The van der Waals surface area contributed by atoms with E-state index in [9.17, 15) is 4.79 Å². The Balaban J connectivity index is 2.34. The first-order valence-electron chi connectivity index (χ1n) is 6.58. The van der Waals surface area contributed by atoms with E-state index in [1.165, 1.54) is 12.0 Å². The minimum Gasteiger partial charge on any atom is -0.369 e. The van der Waals surface area contributed by atoms with E-state index >= 15 is 0 Å². The molecule has 1 amide bonds. The first-order valence-corrected chi connectivity index (χ1v) is 6.58. The molecule has 0 saturated heterocycles. The summed E-state index contributed by atoms with van der Waals surface area (Å²) in [5.74, 6) is -0.151. The topological polar surface area (TPSA) is 43.1 Å². The second-order valence-electron chi connectivity index (χ2n) is 5.06. The average molecular weight is 231 g/mol. The Morgan fingerprint density at radius 1 is 1.18 bits per heavy atom. The number of rotatable bonds is 3. The Labute approximate surface area is 103 Å². The van der Waals surface area contributed by atoms with Crippen molar-refractivity contribution in [3.8, 4) is 0 Å². The number of hydrogen-bond acceptors (Lipinski definition) is 1. The van der Waals surface area contributed by atoms with E-state index < -0.39 is 5.41 Å². The molecule has 1 aliphatic carbocycles. The molecule has 2 rings (SSSR count). The van der Waals surface area contributed by atoms with Crippen LogP contribution >= 0.6 is 0 Å². The van der Waals surface area contributed by atoms with E-state index in [0.29, 0.717) is 0 Å². The summed E-state index contributed by atoms with van der Waals surface area (Å²) < 4.78 is 0. The highest BCUT2D eigenvalue weighted by atomic mass is 16.1. The Kier molecular flexibility index (Phi) is 3.51. The van der Waals surface area contributed by atoms with E-state index in [-0.39, 0.29) is 5.91 Å².